The van der Waals surface area contributed by atoms with E-state index in [2.05, 4.69) is 47.0 Å². The molecule has 4 aliphatic carbocycles. The summed E-state index contributed by atoms with van der Waals surface area (Å²) in [5, 5.41) is 5.47. The predicted octanol–water partition coefficient (Wildman–Crippen LogP) is 8.96. The van der Waals surface area contributed by atoms with Crippen LogP contribution in [0.3, 0.4) is 0 Å². The summed E-state index contributed by atoms with van der Waals surface area (Å²) in [6.07, 6.45) is 28.2. The molecule has 0 radical (unpaired) electrons. The first kappa shape index (κ1) is 28.8. The van der Waals surface area contributed by atoms with E-state index < -0.39 is 0 Å². The number of hydrogen-bond acceptors (Lipinski definition) is 3. The van der Waals surface area contributed by atoms with Crippen molar-refractivity contribution >= 4 is 9.24 Å². The van der Waals surface area contributed by atoms with Gasteiger partial charge in [-0.25, -0.2) is 10.0 Å². The van der Waals surface area contributed by atoms with Gasteiger partial charge in [0.05, 0.1) is 0 Å². The molecule has 2 bridgehead atoms. The van der Waals surface area contributed by atoms with E-state index in [1.807, 2.05) is 7.11 Å². The first-order chi connectivity index (χ1) is 17.8. The van der Waals surface area contributed by atoms with Crippen LogP contribution in [0.2, 0.25) is 0 Å². The van der Waals surface area contributed by atoms with Gasteiger partial charge in [-0.1, -0.05) is 26.7 Å². The van der Waals surface area contributed by atoms with Crippen molar-refractivity contribution < 1.29 is 4.74 Å². The van der Waals surface area contributed by atoms with Gasteiger partial charge in [0.25, 0.3) is 0 Å². The molecule has 1 aliphatic heterocycles. The van der Waals surface area contributed by atoms with E-state index in [1.165, 1.54) is 96.3 Å². The van der Waals surface area contributed by atoms with Gasteiger partial charge in [-0.3, -0.25) is 0 Å². The first-order valence-electron chi connectivity index (χ1n) is 16.7. The lowest BCUT2D eigenvalue weighted by Crippen LogP contribution is -2.56. The molecule has 5 rings (SSSR count). The Morgan fingerprint density at radius 1 is 0.865 bits per heavy atom. The molecule has 5 fully saturated rings. The Hall–Kier alpha value is 0.310. The SMILES string of the molecule is CCC1CC(C)N(C2CCC(CC)(C34CCCC(C5CCC(P)CC5)(CCC3)CC4)CC2)N1C(C)OC. The van der Waals surface area contributed by atoms with Crippen LogP contribution in [-0.4, -0.2) is 47.1 Å². The molecule has 5 aliphatic rings. The molecule has 0 aromatic rings. The second-order valence-corrected chi connectivity index (χ2v) is 15.5. The van der Waals surface area contributed by atoms with Crippen molar-refractivity contribution in [3.8, 4) is 0 Å². The van der Waals surface area contributed by atoms with Gasteiger partial charge in [-0.15, -0.1) is 9.24 Å². The van der Waals surface area contributed by atoms with Crippen molar-refractivity contribution in [1.29, 1.82) is 0 Å². The summed E-state index contributed by atoms with van der Waals surface area (Å²) in [5.41, 5.74) is 2.82. The van der Waals surface area contributed by atoms with Crippen LogP contribution in [-0.2, 0) is 4.74 Å². The average molecular weight is 533 g/mol. The van der Waals surface area contributed by atoms with Crippen molar-refractivity contribution in [3.63, 3.8) is 0 Å². The Bertz CT molecular complexity index is 731. The second-order valence-electron chi connectivity index (χ2n) is 14.6. The standard InChI is InChI=1S/C33H61N2OP/c1-6-28-24-25(3)34(35(28)26(4)36-5)29-14-20-32(7-2,21-15-29)33-18-8-16-31(22-23-33,17-9-19-33)27-10-12-30(37)13-11-27/h25-30H,6-24,37H2,1-5H3. The third kappa shape index (κ3) is 5.13. The van der Waals surface area contributed by atoms with Gasteiger partial charge in [0.2, 0.25) is 0 Å². The third-order valence-electron chi connectivity index (χ3n) is 13.4. The quantitative estimate of drug-likeness (QED) is 0.304. The van der Waals surface area contributed by atoms with Gasteiger partial charge in [0, 0.05) is 25.2 Å². The molecule has 4 saturated carbocycles. The number of hydrazine groups is 1. The maximum absolute atomic E-state index is 5.91. The lowest BCUT2D eigenvalue weighted by atomic mass is 9.51. The van der Waals surface area contributed by atoms with Gasteiger partial charge in [-0.2, -0.15) is 0 Å². The Morgan fingerprint density at radius 3 is 2.08 bits per heavy atom. The van der Waals surface area contributed by atoms with E-state index in [0.717, 1.165) is 11.6 Å². The monoisotopic (exact) mass is 532 g/mol. The summed E-state index contributed by atoms with van der Waals surface area (Å²) < 4.78 is 5.91. The molecule has 0 aromatic heterocycles. The number of ether oxygens (including phenoxy) is 1. The number of fused-ring (bicyclic) bond motifs is 3. The molecule has 1 saturated heterocycles. The second kappa shape index (κ2) is 11.7. The predicted molar refractivity (Wildman–Crippen MR) is 161 cm³/mol. The van der Waals surface area contributed by atoms with E-state index >= 15 is 0 Å². The Morgan fingerprint density at radius 2 is 1.51 bits per heavy atom. The molecule has 0 aromatic carbocycles. The molecule has 1 heterocycles. The van der Waals surface area contributed by atoms with E-state index in [0.29, 0.717) is 34.4 Å². The van der Waals surface area contributed by atoms with Gasteiger partial charge in [0.1, 0.15) is 6.23 Å². The highest BCUT2D eigenvalue weighted by Crippen LogP contribution is 2.66. The van der Waals surface area contributed by atoms with Crippen molar-refractivity contribution in [2.24, 2.45) is 22.2 Å². The smallest absolute Gasteiger partial charge is 0.120 e. The maximum Gasteiger partial charge on any atom is 0.120 e. The molecular weight excluding hydrogens is 471 g/mol. The van der Waals surface area contributed by atoms with Crippen LogP contribution in [0.15, 0.2) is 0 Å². The molecule has 214 valence electrons. The minimum absolute atomic E-state index is 0.185. The van der Waals surface area contributed by atoms with E-state index in [1.54, 1.807) is 25.7 Å². The highest BCUT2D eigenvalue weighted by Gasteiger charge is 2.56. The first-order valence-corrected chi connectivity index (χ1v) is 17.3. The number of methoxy groups -OCH3 is 1. The molecular formula is C33H61N2OP. The molecule has 37 heavy (non-hydrogen) atoms. The summed E-state index contributed by atoms with van der Waals surface area (Å²) in [6.45, 7) is 9.68. The maximum atomic E-state index is 5.91. The average Bonchev–Trinajstić information content (AvgIpc) is 3.03. The van der Waals surface area contributed by atoms with Gasteiger partial charge in [-0.05, 0) is 151 Å². The normalized spacial score (nSPS) is 47.0. The largest absolute Gasteiger partial charge is 0.365 e. The van der Waals surface area contributed by atoms with E-state index in [4.69, 9.17) is 4.74 Å². The van der Waals surface area contributed by atoms with Gasteiger partial charge in [0.15, 0.2) is 0 Å². The molecule has 0 N–H and O–H groups in total. The third-order valence-corrected chi connectivity index (χ3v) is 14.0. The molecule has 0 spiro atoms. The zero-order valence-electron chi connectivity index (χ0n) is 25.3. The summed E-state index contributed by atoms with van der Waals surface area (Å²) in [5.74, 6) is 1.03. The van der Waals surface area contributed by atoms with Crippen molar-refractivity contribution in [2.75, 3.05) is 7.11 Å². The van der Waals surface area contributed by atoms with Crippen LogP contribution in [0.4, 0.5) is 0 Å². The lowest BCUT2D eigenvalue weighted by molar-refractivity contribution is -0.177. The fourth-order valence-electron chi connectivity index (χ4n) is 11.1. The minimum Gasteiger partial charge on any atom is -0.365 e. The minimum atomic E-state index is 0.185. The van der Waals surface area contributed by atoms with Crippen LogP contribution in [0.25, 0.3) is 0 Å². The fourth-order valence-corrected chi connectivity index (χ4v) is 11.5. The van der Waals surface area contributed by atoms with Crippen LogP contribution >= 0.6 is 9.24 Å². The van der Waals surface area contributed by atoms with Crippen molar-refractivity contribution in [2.45, 2.75) is 180 Å². The summed E-state index contributed by atoms with van der Waals surface area (Å²) in [7, 11) is 5.03. The zero-order chi connectivity index (χ0) is 26.3. The molecule has 0 amide bonds. The lowest BCUT2D eigenvalue weighted by Gasteiger charge is -2.56. The van der Waals surface area contributed by atoms with Crippen LogP contribution in [0.5, 0.6) is 0 Å². The van der Waals surface area contributed by atoms with Crippen LogP contribution in [0, 0.1) is 22.2 Å². The van der Waals surface area contributed by atoms with Crippen molar-refractivity contribution in [1.82, 2.24) is 10.0 Å². The Labute approximate surface area is 232 Å². The zero-order valence-corrected chi connectivity index (χ0v) is 26.4. The van der Waals surface area contributed by atoms with E-state index in [9.17, 15) is 0 Å². The van der Waals surface area contributed by atoms with Gasteiger partial charge < -0.3 is 4.74 Å². The molecule has 4 heteroatoms. The highest BCUT2D eigenvalue weighted by atomic mass is 31.0. The fraction of sp³-hybridized carbons (Fsp3) is 1.00. The summed E-state index contributed by atoms with van der Waals surface area (Å²) in [6, 6.07) is 1.99. The summed E-state index contributed by atoms with van der Waals surface area (Å²) in [4.78, 5) is 0. The molecule has 3 nitrogen and oxygen atoms in total. The molecule has 4 unspecified atom stereocenters. The van der Waals surface area contributed by atoms with Crippen molar-refractivity contribution in [3.05, 3.63) is 0 Å². The van der Waals surface area contributed by atoms with E-state index in [-0.39, 0.29) is 6.23 Å². The number of hydrogen-bond donors (Lipinski definition) is 0. The number of rotatable bonds is 7. The number of nitrogens with zero attached hydrogens (tertiary/aromatic N) is 2. The topological polar surface area (TPSA) is 15.7 Å². The Kier molecular flexibility index (Phi) is 9.08. The van der Waals surface area contributed by atoms with Crippen LogP contribution < -0.4 is 0 Å². The highest BCUT2D eigenvalue weighted by molar-refractivity contribution is 7.17. The Balaban J connectivity index is 1.31. The summed E-state index contributed by atoms with van der Waals surface area (Å²) >= 11 is 0. The van der Waals surface area contributed by atoms with Crippen LogP contribution in [0.1, 0.15) is 150 Å². The molecule has 4 atom stereocenters. The van der Waals surface area contributed by atoms with Gasteiger partial charge >= 0.3 is 0 Å².